The predicted molar refractivity (Wildman–Crippen MR) is 139 cm³/mol. The Hall–Kier alpha value is -3.38. The van der Waals surface area contributed by atoms with Gasteiger partial charge in [-0.2, -0.15) is 0 Å². The van der Waals surface area contributed by atoms with Crippen molar-refractivity contribution in [1.29, 1.82) is 0 Å². The Labute approximate surface area is 209 Å². The van der Waals surface area contributed by atoms with Crippen molar-refractivity contribution >= 4 is 11.8 Å². The standard InChI is InChI=1S/C29H37N3O3/c1-24(2)32(22-27-16-10-17-30(27)21-26-14-8-5-9-15-26)29(34)23-31(18-11-19-35-3)28(33)20-25-12-6-4-7-13-25/h4-10,12-17,24H,11,18-23H2,1-3H3. The molecule has 0 saturated carbocycles. The monoisotopic (exact) mass is 475 g/mol. The van der Waals surface area contributed by atoms with Crippen LogP contribution in [0.4, 0.5) is 0 Å². The molecular formula is C29H37N3O3. The number of hydrogen-bond donors (Lipinski definition) is 0. The highest BCUT2D eigenvalue weighted by Crippen LogP contribution is 2.14. The van der Waals surface area contributed by atoms with E-state index in [0.717, 1.165) is 17.8 Å². The summed E-state index contributed by atoms with van der Waals surface area (Å²) >= 11 is 0. The minimum Gasteiger partial charge on any atom is -0.385 e. The van der Waals surface area contributed by atoms with Crippen LogP contribution in [0.3, 0.4) is 0 Å². The Kier molecular flexibility index (Phi) is 10.1. The number of benzene rings is 2. The van der Waals surface area contributed by atoms with Crippen LogP contribution >= 0.6 is 0 Å². The molecule has 3 aromatic rings. The molecule has 0 aliphatic rings. The zero-order chi connectivity index (χ0) is 25.0. The minimum absolute atomic E-state index is 0.00706. The molecule has 0 radical (unpaired) electrons. The lowest BCUT2D eigenvalue weighted by Crippen LogP contribution is -2.46. The Balaban J connectivity index is 1.70. The predicted octanol–water partition coefficient (Wildman–Crippen LogP) is 4.38. The third-order valence-electron chi connectivity index (χ3n) is 6.05. The van der Waals surface area contributed by atoms with Crippen LogP contribution in [-0.2, 0) is 33.8 Å². The summed E-state index contributed by atoms with van der Waals surface area (Å²) in [5.74, 6) is -0.0944. The molecule has 0 atom stereocenters. The van der Waals surface area contributed by atoms with E-state index in [1.165, 1.54) is 5.56 Å². The van der Waals surface area contributed by atoms with Crippen molar-refractivity contribution in [1.82, 2.24) is 14.4 Å². The lowest BCUT2D eigenvalue weighted by Gasteiger charge is -2.31. The first-order chi connectivity index (χ1) is 17.0. The number of carbonyl (C=O) groups is 2. The molecule has 0 saturated heterocycles. The molecule has 1 aromatic heterocycles. The van der Waals surface area contributed by atoms with Gasteiger partial charge >= 0.3 is 0 Å². The smallest absolute Gasteiger partial charge is 0.242 e. The van der Waals surface area contributed by atoms with Crippen LogP contribution in [0.15, 0.2) is 79.0 Å². The van der Waals surface area contributed by atoms with Crippen molar-refractivity contribution in [2.24, 2.45) is 0 Å². The molecule has 0 unspecified atom stereocenters. The molecule has 3 rings (SSSR count). The summed E-state index contributed by atoms with van der Waals surface area (Å²) in [5, 5.41) is 0. The topological polar surface area (TPSA) is 54.8 Å². The average molecular weight is 476 g/mol. The summed E-state index contributed by atoms with van der Waals surface area (Å²) in [6.45, 7) is 6.38. The zero-order valence-corrected chi connectivity index (χ0v) is 21.1. The van der Waals surface area contributed by atoms with Crippen LogP contribution in [-0.4, -0.2) is 59.0 Å². The quantitative estimate of drug-likeness (QED) is 0.345. The summed E-state index contributed by atoms with van der Waals surface area (Å²) in [5.41, 5.74) is 3.22. The van der Waals surface area contributed by atoms with Crippen LogP contribution in [0.1, 0.15) is 37.1 Å². The number of amides is 2. The lowest BCUT2D eigenvalue weighted by atomic mass is 10.1. The van der Waals surface area contributed by atoms with Crippen LogP contribution in [0.5, 0.6) is 0 Å². The van der Waals surface area contributed by atoms with E-state index in [4.69, 9.17) is 4.74 Å². The number of aromatic nitrogens is 1. The van der Waals surface area contributed by atoms with Crippen molar-refractivity contribution in [2.45, 2.75) is 45.8 Å². The lowest BCUT2D eigenvalue weighted by molar-refractivity contribution is -0.141. The fourth-order valence-corrected chi connectivity index (χ4v) is 4.09. The van der Waals surface area contributed by atoms with Gasteiger partial charge in [0.15, 0.2) is 0 Å². The van der Waals surface area contributed by atoms with Crippen LogP contribution in [0.2, 0.25) is 0 Å². The molecule has 0 fully saturated rings. The van der Waals surface area contributed by atoms with Crippen molar-refractivity contribution in [3.63, 3.8) is 0 Å². The van der Waals surface area contributed by atoms with Gasteiger partial charge in [0.1, 0.15) is 0 Å². The van der Waals surface area contributed by atoms with Crippen molar-refractivity contribution in [3.8, 4) is 0 Å². The van der Waals surface area contributed by atoms with E-state index in [-0.39, 0.29) is 30.8 Å². The third-order valence-corrected chi connectivity index (χ3v) is 6.05. The maximum absolute atomic E-state index is 13.5. The van der Waals surface area contributed by atoms with Gasteiger partial charge in [0.05, 0.1) is 19.5 Å². The highest BCUT2D eigenvalue weighted by Gasteiger charge is 2.24. The van der Waals surface area contributed by atoms with Gasteiger partial charge < -0.3 is 19.1 Å². The Bertz CT molecular complexity index is 1050. The van der Waals surface area contributed by atoms with Gasteiger partial charge in [-0.25, -0.2) is 0 Å². The number of rotatable bonds is 13. The molecule has 0 N–H and O–H groups in total. The number of carbonyl (C=O) groups excluding carboxylic acids is 2. The Morgan fingerprint density at radius 3 is 2.17 bits per heavy atom. The molecule has 6 nitrogen and oxygen atoms in total. The molecule has 0 aliphatic carbocycles. The molecule has 2 aromatic carbocycles. The molecule has 1 heterocycles. The van der Waals surface area contributed by atoms with Gasteiger partial charge in [0.2, 0.25) is 11.8 Å². The summed E-state index contributed by atoms with van der Waals surface area (Å²) in [6.07, 6.45) is 3.01. The highest BCUT2D eigenvalue weighted by atomic mass is 16.5. The SMILES string of the molecule is COCCCN(CC(=O)N(Cc1cccn1Cc1ccccc1)C(C)C)C(=O)Cc1ccccc1. The van der Waals surface area contributed by atoms with E-state index < -0.39 is 0 Å². The number of methoxy groups -OCH3 is 1. The average Bonchev–Trinajstić information content (AvgIpc) is 3.29. The van der Waals surface area contributed by atoms with E-state index in [9.17, 15) is 9.59 Å². The second-order valence-corrected chi connectivity index (χ2v) is 9.05. The molecule has 0 aliphatic heterocycles. The second kappa shape index (κ2) is 13.5. The van der Waals surface area contributed by atoms with Crippen LogP contribution < -0.4 is 0 Å². The van der Waals surface area contributed by atoms with Gasteiger partial charge in [-0.15, -0.1) is 0 Å². The van der Waals surface area contributed by atoms with E-state index in [1.54, 1.807) is 12.0 Å². The summed E-state index contributed by atoms with van der Waals surface area (Å²) in [4.78, 5) is 30.1. The Morgan fingerprint density at radius 1 is 0.886 bits per heavy atom. The van der Waals surface area contributed by atoms with Crippen LogP contribution in [0, 0.1) is 0 Å². The van der Waals surface area contributed by atoms with Crippen molar-refractivity contribution in [2.75, 3.05) is 26.8 Å². The van der Waals surface area contributed by atoms with Gasteiger partial charge in [0, 0.05) is 44.7 Å². The number of hydrogen-bond acceptors (Lipinski definition) is 3. The summed E-state index contributed by atoms with van der Waals surface area (Å²) in [7, 11) is 1.65. The van der Waals surface area contributed by atoms with Crippen molar-refractivity contribution in [3.05, 3.63) is 95.8 Å². The first kappa shape index (κ1) is 26.2. The minimum atomic E-state index is -0.0497. The molecule has 0 spiro atoms. The fraction of sp³-hybridized carbons (Fsp3) is 0.379. The molecule has 6 heteroatoms. The fourth-order valence-electron chi connectivity index (χ4n) is 4.09. The van der Waals surface area contributed by atoms with Gasteiger partial charge in [0.25, 0.3) is 0 Å². The highest BCUT2D eigenvalue weighted by molar-refractivity contribution is 5.86. The van der Waals surface area contributed by atoms with E-state index in [0.29, 0.717) is 26.1 Å². The zero-order valence-electron chi connectivity index (χ0n) is 21.1. The molecular weight excluding hydrogens is 438 g/mol. The van der Waals surface area contributed by atoms with Crippen molar-refractivity contribution < 1.29 is 14.3 Å². The summed E-state index contributed by atoms with van der Waals surface area (Å²) in [6, 6.07) is 24.0. The molecule has 186 valence electrons. The molecule has 35 heavy (non-hydrogen) atoms. The maximum atomic E-state index is 13.5. The first-order valence-electron chi connectivity index (χ1n) is 12.3. The van der Waals surface area contributed by atoms with Crippen LogP contribution in [0.25, 0.3) is 0 Å². The third kappa shape index (κ3) is 8.11. The van der Waals surface area contributed by atoms with E-state index in [1.807, 2.05) is 79.5 Å². The second-order valence-electron chi connectivity index (χ2n) is 9.05. The van der Waals surface area contributed by atoms with Gasteiger partial charge in [-0.1, -0.05) is 60.7 Å². The number of ether oxygens (including phenoxy) is 1. The molecule has 2 amide bonds. The Morgan fingerprint density at radius 2 is 1.54 bits per heavy atom. The normalized spacial score (nSPS) is 11.0. The maximum Gasteiger partial charge on any atom is 0.242 e. The first-order valence-corrected chi connectivity index (χ1v) is 12.3. The summed E-state index contributed by atoms with van der Waals surface area (Å²) < 4.78 is 7.35. The number of nitrogens with zero attached hydrogens (tertiary/aromatic N) is 3. The molecule has 0 bridgehead atoms. The van der Waals surface area contributed by atoms with E-state index in [2.05, 4.69) is 22.8 Å². The van der Waals surface area contributed by atoms with Gasteiger partial charge in [-0.3, -0.25) is 9.59 Å². The van der Waals surface area contributed by atoms with Gasteiger partial charge in [-0.05, 0) is 43.5 Å². The largest absolute Gasteiger partial charge is 0.385 e. The van der Waals surface area contributed by atoms with E-state index >= 15 is 0 Å².